The normalized spacial score (nSPS) is 13.2. The van der Waals surface area contributed by atoms with Crippen LogP contribution in [0.1, 0.15) is 5.56 Å². The van der Waals surface area contributed by atoms with Crippen molar-refractivity contribution in [3.05, 3.63) is 47.8 Å². The number of benzene rings is 2. The van der Waals surface area contributed by atoms with Crippen LogP contribution in [-0.2, 0) is 6.42 Å². The molecule has 0 amide bonds. The van der Waals surface area contributed by atoms with E-state index >= 15 is 0 Å². The number of nitrogens with two attached hydrogens (primary N) is 1. The van der Waals surface area contributed by atoms with Gasteiger partial charge in [0.05, 0.1) is 12.1 Å². The molecule has 0 fully saturated rings. The monoisotopic (exact) mass is 281 g/mol. The second-order valence-corrected chi connectivity index (χ2v) is 5.01. The van der Waals surface area contributed by atoms with Gasteiger partial charge in [0.25, 0.3) is 0 Å². The van der Waals surface area contributed by atoms with Crippen LogP contribution < -0.4 is 10.5 Å². The molecule has 0 aliphatic carbocycles. The van der Waals surface area contributed by atoms with E-state index in [1.807, 2.05) is 18.2 Å². The first-order valence-electron chi connectivity index (χ1n) is 6.69. The van der Waals surface area contributed by atoms with Crippen LogP contribution in [0.25, 0.3) is 22.3 Å². The van der Waals surface area contributed by atoms with Gasteiger partial charge in [0.1, 0.15) is 17.4 Å². The van der Waals surface area contributed by atoms with Gasteiger partial charge in [-0.25, -0.2) is 14.4 Å². The average Bonchev–Trinajstić information content (AvgIpc) is 2.95. The summed E-state index contributed by atoms with van der Waals surface area (Å²) in [4.78, 5) is 8.77. The summed E-state index contributed by atoms with van der Waals surface area (Å²) in [5, 5.41) is 0.531. The number of aromatic nitrogens is 2. The molecule has 4 rings (SSSR count). The van der Waals surface area contributed by atoms with E-state index in [4.69, 9.17) is 10.5 Å². The third-order valence-corrected chi connectivity index (χ3v) is 3.63. The summed E-state index contributed by atoms with van der Waals surface area (Å²) in [6, 6.07) is 10.2. The number of rotatable bonds is 1. The van der Waals surface area contributed by atoms with E-state index in [2.05, 4.69) is 9.97 Å². The minimum atomic E-state index is -0.347. The quantitative estimate of drug-likeness (QED) is 0.745. The predicted molar refractivity (Wildman–Crippen MR) is 78.5 cm³/mol. The smallest absolute Gasteiger partial charge is 0.162 e. The van der Waals surface area contributed by atoms with Crippen molar-refractivity contribution in [1.82, 2.24) is 9.97 Å². The molecule has 4 nitrogen and oxygen atoms in total. The lowest BCUT2D eigenvalue weighted by atomic mass is 10.1. The first-order valence-corrected chi connectivity index (χ1v) is 6.69. The number of anilines is 1. The minimum absolute atomic E-state index is 0.284. The summed E-state index contributed by atoms with van der Waals surface area (Å²) in [5.41, 5.74) is 8.60. The summed E-state index contributed by atoms with van der Waals surface area (Å²) in [6.07, 6.45) is 0.886. The zero-order valence-corrected chi connectivity index (χ0v) is 11.1. The van der Waals surface area contributed by atoms with Gasteiger partial charge < -0.3 is 10.5 Å². The molecular formula is C16H12FN3O. The number of nitrogen functional groups attached to an aromatic ring is 1. The van der Waals surface area contributed by atoms with Crippen molar-refractivity contribution in [2.45, 2.75) is 6.42 Å². The molecule has 1 aromatic heterocycles. The van der Waals surface area contributed by atoms with Crippen LogP contribution in [0.2, 0.25) is 0 Å². The maximum absolute atomic E-state index is 13.3. The molecule has 21 heavy (non-hydrogen) atoms. The van der Waals surface area contributed by atoms with Crippen LogP contribution in [0.4, 0.5) is 10.2 Å². The highest BCUT2D eigenvalue weighted by Crippen LogP contribution is 2.30. The van der Waals surface area contributed by atoms with E-state index in [9.17, 15) is 4.39 Å². The van der Waals surface area contributed by atoms with E-state index in [0.717, 1.165) is 23.3 Å². The Balaban J connectivity index is 1.89. The van der Waals surface area contributed by atoms with Crippen molar-refractivity contribution in [3.8, 4) is 17.1 Å². The lowest BCUT2D eigenvalue weighted by Crippen LogP contribution is -1.98. The van der Waals surface area contributed by atoms with Gasteiger partial charge in [0.15, 0.2) is 5.82 Å². The molecule has 2 N–H and O–H groups in total. The number of halogens is 1. The van der Waals surface area contributed by atoms with Crippen LogP contribution in [0.15, 0.2) is 36.4 Å². The zero-order valence-electron chi connectivity index (χ0n) is 11.1. The molecule has 104 valence electrons. The molecule has 0 saturated heterocycles. The Morgan fingerprint density at radius 2 is 2.00 bits per heavy atom. The van der Waals surface area contributed by atoms with E-state index in [-0.39, 0.29) is 11.6 Å². The van der Waals surface area contributed by atoms with Crippen molar-refractivity contribution in [1.29, 1.82) is 0 Å². The van der Waals surface area contributed by atoms with Crippen molar-refractivity contribution >= 4 is 16.7 Å². The molecule has 0 saturated carbocycles. The van der Waals surface area contributed by atoms with E-state index < -0.39 is 0 Å². The molecule has 0 unspecified atom stereocenters. The van der Waals surface area contributed by atoms with E-state index in [1.165, 1.54) is 12.1 Å². The second kappa shape index (κ2) is 4.41. The standard InChI is InChI=1S/C16H12FN3O/c17-11-2-3-13-12(8-11)15(18)20-16(19-13)10-1-4-14-9(7-10)5-6-21-14/h1-4,7-8H,5-6H2,(H2,18,19,20). The number of ether oxygens (including phenoxy) is 1. The zero-order chi connectivity index (χ0) is 14.4. The van der Waals surface area contributed by atoms with Crippen molar-refractivity contribution in [3.63, 3.8) is 0 Å². The van der Waals surface area contributed by atoms with Crippen molar-refractivity contribution < 1.29 is 9.13 Å². The number of hydrogen-bond donors (Lipinski definition) is 1. The summed E-state index contributed by atoms with van der Waals surface area (Å²) in [5.74, 6) is 1.39. The van der Waals surface area contributed by atoms with Gasteiger partial charge in [-0.05, 0) is 42.0 Å². The Kier molecular flexibility index (Phi) is 2.54. The maximum Gasteiger partial charge on any atom is 0.162 e. The van der Waals surface area contributed by atoms with Crippen molar-refractivity contribution in [2.75, 3.05) is 12.3 Å². The number of hydrogen-bond acceptors (Lipinski definition) is 4. The van der Waals surface area contributed by atoms with Gasteiger partial charge >= 0.3 is 0 Å². The molecule has 0 radical (unpaired) electrons. The van der Waals surface area contributed by atoms with Crippen LogP contribution in [0.5, 0.6) is 5.75 Å². The average molecular weight is 281 g/mol. The van der Waals surface area contributed by atoms with Gasteiger partial charge in [0.2, 0.25) is 0 Å². The van der Waals surface area contributed by atoms with Gasteiger partial charge in [-0.1, -0.05) is 0 Å². The predicted octanol–water partition coefficient (Wildman–Crippen LogP) is 2.95. The Morgan fingerprint density at radius 3 is 2.90 bits per heavy atom. The van der Waals surface area contributed by atoms with Gasteiger partial charge in [0, 0.05) is 17.4 Å². The SMILES string of the molecule is Nc1nc(-c2ccc3c(c2)CCO3)nc2ccc(F)cc12. The van der Waals surface area contributed by atoms with Crippen LogP contribution in [0.3, 0.4) is 0 Å². The highest BCUT2D eigenvalue weighted by Gasteiger charge is 2.14. The molecule has 1 aliphatic heterocycles. The Labute approximate surface area is 120 Å². The minimum Gasteiger partial charge on any atom is -0.493 e. The number of nitrogens with zero attached hydrogens (tertiary/aromatic N) is 2. The molecule has 0 spiro atoms. The largest absolute Gasteiger partial charge is 0.493 e. The number of fused-ring (bicyclic) bond motifs is 2. The van der Waals surface area contributed by atoms with Gasteiger partial charge in [-0.15, -0.1) is 0 Å². The van der Waals surface area contributed by atoms with Gasteiger partial charge in [-0.3, -0.25) is 0 Å². The molecule has 0 atom stereocenters. The topological polar surface area (TPSA) is 61.0 Å². The summed E-state index contributed by atoms with van der Waals surface area (Å²) in [6.45, 7) is 0.707. The second-order valence-electron chi connectivity index (χ2n) is 5.01. The first kappa shape index (κ1) is 12.1. The molecular weight excluding hydrogens is 269 g/mol. The highest BCUT2D eigenvalue weighted by atomic mass is 19.1. The van der Waals surface area contributed by atoms with Crippen LogP contribution in [-0.4, -0.2) is 16.6 Å². The molecule has 2 heterocycles. The molecule has 5 heteroatoms. The molecule has 3 aromatic rings. The summed E-state index contributed by atoms with van der Waals surface area (Å²) < 4.78 is 18.8. The third-order valence-electron chi connectivity index (χ3n) is 3.63. The van der Waals surface area contributed by atoms with Crippen LogP contribution in [0, 0.1) is 5.82 Å². The fraction of sp³-hybridized carbons (Fsp3) is 0.125. The van der Waals surface area contributed by atoms with E-state index in [1.54, 1.807) is 6.07 Å². The maximum atomic E-state index is 13.3. The molecule has 2 aromatic carbocycles. The first-order chi connectivity index (χ1) is 10.2. The lowest BCUT2D eigenvalue weighted by molar-refractivity contribution is 0.357. The highest BCUT2D eigenvalue weighted by molar-refractivity contribution is 5.89. The Hall–Kier alpha value is -2.69. The molecule has 1 aliphatic rings. The summed E-state index contributed by atoms with van der Waals surface area (Å²) >= 11 is 0. The Morgan fingerprint density at radius 1 is 1.10 bits per heavy atom. The summed E-state index contributed by atoms with van der Waals surface area (Å²) in [7, 11) is 0. The Bertz CT molecular complexity index is 864. The lowest BCUT2D eigenvalue weighted by Gasteiger charge is -2.07. The molecule has 0 bridgehead atoms. The van der Waals surface area contributed by atoms with Crippen molar-refractivity contribution in [2.24, 2.45) is 0 Å². The van der Waals surface area contributed by atoms with E-state index in [0.29, 0.717) is 23.3 Å². The third kappa shape index (κ3) is 1.98. The van der Waals surface area contributed by atoms with Gasteiger partial charge in [-0.2, -0.15) is 0 Å². The fourth-order valence-electron chi connectivity index (χ4n) is 2.58. The van der Waals surface area contributed by atoms with Crippen LogP contribution >= 0.6 is 0 Å². The fourth-order valence-corrected chi connectivity index (χ4v) is 2.58.